The van der Waals surface area contributed by atoms with Crippen LogP contribution in [0.1, 0.15) is 107 Å². The average molecular weight is 489 g/mol. The van der Waals surface area contributed by atoms with Gasteiger partial charge in [0, 0.05) is 17.8 Å². The summed E-state index contributed by atoms with van der Waals surface area (Å²) < 4.78 is 0. The molecule has 0 aromatic heterocycles. The number of aliphatic hydroxyl groups excluding tert-OH is 2. The maximum atomic E-state index is 12.8. The van der Waals surface area contributed by atoms with Crippen molar-refractivity contribution in [2.75, 3.05) is 0 Å². The summed E-state index contributed by atoms with van der Waals surface area (Å²) in [6.07, 6.45) is 7.89. The second-order valence-corrected chi connectivity index (χ2v) is 14.9. The van der Waals surface area contributed by atoms with Crippen molar-refractivity contribution in [2.24, 2.45) is 51.2 Å². The van der Waals surface area contributed by atoms with Gasteiger partial charge in [-0.3, -0.25) is 4.79 Å². The molecule has 200 valence electrons. The first-order chi connectivity index (χ1) is 15.9. The van der Waals surface area contributed by atoms with Gasteiger partial charge in [0.25, 0.3) is 0 Å². The van der Waals surface area contributed by atoms with Gasteiger partial charge in [0.05, 0.1) is 17.8 Å². The molecule has 0 heterocycles. The molecular formula is C31H52O4. The van der Waals surface area contributed by atoms with E-state index in [9.17, 15) is 20.1 Å². The lowest BCUT2D eigenvalue weighted by Crippen LogP contribution is -2.57. The number of aliphatic hydroxyl groups is 3. The maximum Gasteiger partial charge on any atom is 0.138 e. The third kappa shape index (κ3) is 3.75. The molecule has 0 saturated heterocycles. The molecule has 3 fully saturated rings. The van der Waals surface area contributed by atoms with E-state index in [1.54, 1.807) is 19.4 Å². The van der Waals surface area contributed by atoms with Crippen molar-refractivity contribution in [3.05, 3.63) is 11.6 Å². The Balaban J connectivity index is 1.63. The number of fused-ring (bicyclic) bond motifs is 5. The van der Waals surface area contributed by atoms with Crippen LogP contribution in [0.3, 0.4) is 0 Å². The molecule has 0 spiro atoms. The van der Waals surface area contributed by atoms with Crippen LogP contribution >= 0.6 is 0 Å². The van der Waals surface area contributed by atoms with E-state index in [0.29, 0.717) is 30.0 Å². The molecule has 3 saturated carbocycles. The lowest BCUT2D eigenvalue weighted by atomic mass is 9.41. The van der Waals surface area contributed by atoms with Gasteiger partial charge in [0.2, 0.25) is 0 Å². The lowest BCUT2D eigenvalue weighted by Gasteiger charge is -2.63. The molecule has 4 nitrogen and oxygen atoms in total. The molecular weight excluding hydrogens is 436 g/mol. The molecule has 4 rings (SSSR count). The van der Waals surface area contributed by atoms with Gasteiger partial charge in [0.1, 0.15) is 5.78 Å². The van der Waals surface area contributed by atoms with E-state index in [4.69, 9.17) is 0 Å². The number of hydrogen-bond donors (Lipinski definition) is 3. The van der Waals surface area contributed by atoms with Gasteiger partial charge in [-0.25, -0.2) is 0 Å². The van der Waals surface area contributed by atoms with Crippen LogP contribution in [0.4, 0.5) is 0 Å². The maximum absolute atomic E-state index is 12.8. The highest BCUT2D eigenvalue weighted by atomic mass is 16.3. The smallest absolute Gasteiger partial charge is 0.138 e. The molecule has 10 atom stereocenters. The first-order valence-corrected chi connectivity index (χ1v) is 14.3. The van der Waals surface area contributed by atoms with E-state index in [-0.39, 0.29) is 27.6 Å². The summed E-state index contributed by atoms with van der Waals surface area (Å²) in [5.74, 6) is 1.25. The van der Waals surface area contributed by atoms with Gasteiger partial charge < -0.3 is 15.3 Å². The molecule has 0 aromatic carbocycles. The number of ketones is 1. The van der Waals surface area contributed by atoms with E-state index in [2.05, 4.69) is 47.6 Å². The lowest BCUT2D eigenvalue weighted by molar-refractivity contribution is -0.147. The molecule has 4 heteroatoms. The zero-order chi connectivity index (χ0) is 26.4. The van der Waals surface area contributed by atoms with E-state index in [1.165, 1.54) is 0 Å². The van der Waals surface area contributed by atoms with E-state index in [1.807, 2.05) is 6.92 Å². The van der Waals surface area contributed by atoms with Gasteiger partial charge in [-0.05, 0) is 92.3 Å². The summed E-state index contributed by atoms with van der Waals surface area (Å²) in [6, 6.07) is 0. The van der Waals surface area contributed by atoms with Crippen LogP contribution < -0.4 is 0 Å². The topological polar surface area (TPSA) is 77.8 Å². The average Bonchev–Trinajstić information content (AvgIpc) is 3.05. The second kappa shape index (κ2) is 8.40. The Bertz CT molecular complexity index is 883. The fourth-order valence-corrected chi connectivity index (χ4v) is 9.66. The van der Waals surface area contributed by atoms with Crippen LogP contribution in [0.5, 0.6) is 0 Å². The minimum atomic E-state index is -1.04. The summed E-state index contributed by atoms with van der Waals surface area (Å²) in [4.78, 5) is 12.8. The molecule has 4 aliphatic carbocycles. The Labute approximate surface area is 214 Å². The van der Waals surface area contributed by atoms with Gasteiger partial charge in [-0.15, -0.1) is 0 Å². The summed E-state index contributed by atoms with van der Waals surface area (Å²) in [7, 11) is 0. The molecule has 0 bridgehead atoms. The zero-order valence-electron chi connectivity index (χ0n) is 23.8. The van der Waals surface area contributed by atoms with Crippen LogP contribution in [0, 0.1) is 51.2 Å². The SMILES string of the molecule is CC(C(O)C(O)C(C)C(C)(C)O)C1CCC2(C)C3=CCC4C(C)(C)C(=O)CCC4(C)C3CCC12C. The zero-order valence-corrected chi connectivity index (χ0v) is 23.8. The molecule has 0 amide bonds. The molecule has 0 aliphatic heterocycles. The fraction of sp³-hybridized carbons (Fsp3) is 0.903. The third-order valence-electron chi connectivity index (χ3n) is 12.8. The number of carbonyl (C=O) groups is 1. The highest BCUT2D eigenvalue weighted by Crippen LogP contribution is 2.73. The summed E-state index contributed by atoms with van der Waals surface area (Å²) >= 11 is 0. The van der Waals surface area contributed by atoms with Crippen LogP contribution in [0.2, 0.25) is 0 Å². The van der Waals surface area contributed by atoms with Crippen molar-refractivity contribution in [2.45, 2.75) is 125 Å². The number of carbonyl (C=O) groups excluding carboxylic acids is 1. The van der Waals surface area contributed by atoms with E-state index < -0.39 is 23.7 Å². The molecule has 0 radical (unpaired) electrons. The second-order valence-electron chi connectivity index (χ2n) is 14.9. The Kier molecular flexibility index (Phi) is 6.56. The van der Waals surface area contributed by atoms with Gasteiger partial charge in [-0.1, -0.05) is 60.1 Å². The summed E-state index contributed by atoms with van der Waals surface area (Å²) in [6.45, 7) is 19.1. The van der Waals surface area contributed by atoms with Crippen LogP contribution in [0.15, 0.2) is 11.6 Å². The molecule has 3 N–H and O–H groups in total. The minimum Gasteiger partial charge on any atom is -0.390 e. The first kappa shape index (κ1) is 27.3. The Morgan fingerprint density at radius 3 is 2.20 bits per heavy atom. The van der Waals surface area contributed by atoms with Crippen LogP contribution in [-0.4, -0.2) is 38.9 Å². The van der Waals surface area contributed by atoms with Crippen molar-refractivity contribution < 1.29 is 20.1 Å². The van der Waals surface area contributed by atoms with Crippen molar-refractivity contribution in [1.82, 2.24) is 0 Å². The predicted molar refractivity (Wildman–Crippen MR) is 141 cm³/mol. The van der Waals surface area contributed by atoms with Gasteiger partial charge in [0.15, 0.2) is 0 Å². The number of rotatable bonds is 5. The number of allylic oxidation sites excluding steroid dienone is 2. The van der Waals surface area contributed by atoms with Crippen molar-refractivity contribution >= 4 is 5.78 Å². The quantitative estimate of drug-likeness (QED) is 0.419. The van der Waals surface area contributed by atoms with Crippen LogP contribution in [-0.2, 0) is 4.79 Å². The van der Waals surface area contributed by atoms with E-state index >= 15 is 0 Å². The number of hydrogen-bond acceptors (Lipinski definition) is 4. The predicted octanol–water partition coefficient (Wildman–Crippen LogP) is 5.93. The van der Waals surface area contributed by atoms with Crippen molar-refractivity contribution in [3.8, 4) is 0 Å². The van der Waals surface area contributed by atoms with Gasteiger partial charge in [-0.2, -0.15) is 0 Å². The highest BCUT2D eigenvalue weighted by Gasteiger charge is 2.65. The number of Topliss-reactive ketones (excluding diaryl/α,β-unsaturated/α-hetero) is 1. The fourth-order valence-electron chi connectivity index (χ4n) is 9.66. The van der Waals surface area contributed by atoms with Crippen molar-refractivity contribution in [3.63, 3.8) is 0 Å². The highest BCUT2D eigenvalue weighted by molar-refractivity contribution is 5.85. The standard InChI is InChI=1S/C31H52O4/c1-18(25(33)26(34)19(2)28(5,6)35)20-12-16-31(9)22-10-11-23-27(3,4)24(32)14-15-29(23,7)21(22)13-17-30(20,31)8/h10,18-21,23,25-26,33-35H,11-17H2,1-9H3. The summed E-state index contributed by atoms with van der Waals surface area (Å²) in [5.41, 5.74) is 0.663. The third-order valence-corrected chi connectivity index (χ3v) is 12.8. The normalized spacial score (nSPS) is 44.4. The molecule has 35 heavy (non-hydrogen) atoms. The minimum absolute atomic E-state index is 0.0445. The Morgan fingerprint density at radius 1 is 0.971 bits per heavy atom. The Hall–Kier alpha value is -0.710. The Morgan fingerprint density at radius 2 is 1.60 bits per heavy atom. The molecule has 4 aliphatic rings. The van der Waals surface area contributed by atoms with Crippen LogP contribution in [0.25, 0.3) is 0 Å². The monoisotopic (exact) mass is 488 g/mol. The van der Waals surface area contributed by atoms with E-state index in [0.717, 1.165) is 38.5 Å². The molecule has 10 unspecified atom stereocenters. The molecule has 0 aromatic rings. The van der Waals surface area contributed by atoms with Crippen molar-refractivity contribution in [1.29, 1.82) is 0 Å². The van der Waals surface area contributed by atoms with Gasteiger partial charge >= 0.3 is 0 Å². The summed E-state index contributed by atoms with van der Waals surface area (Å²) in [5, 5.41) is 32.7. The first-order valence-electron chi connectivity index (χ1n) is 14.3. The largest absolute Gasteiger partial charge is 0.390 e.